The minimum absolute atomic E-state index is 0.0590. The van der Waals surface area contributed by atoms with Crippen LogP contribution < -0.4 is 10.0 Å². The zero-order chi connectivity index (χ0) is 17.4. The summed E-state index contributed by atoms with van der Waals surface area (Å²) in [7, 11) is -3.67. The molecule has 2 bridgehead atoms. The lowest BCUT2D eigenvalue weighted by Gasteiger charge is -2.20. The second kappa shape index (κ2) is 6.42. The summed E-state index contributed by atoms with van der Waals surface area (Å²) in [6, 6.07) is 6.24. The normalized spacial score (nSPS) is 25.0. The molecule has 0 radical (unpaired) electrons. The van der Waals surface area contributed by atoms with Gasteiger partial charge < -0.3 is 5.32 Å². The van der Waals surface area contributed by atoms with E-state index >= 15 is 0 Å². The molecule has 2 aliphatic rings. The number of sulfonamides is 1. The molecule has 3 atom stereocenters. The Kier molecular flexibility index (Phi) is 4.24. The van der Waals surface area contributed by atoms with E-state index in [-0.39, 0.29) is 16.7 Å². The van der Waals surface area contributed by atoms with Crippen LogP contribution in [0.1, 0.15) is 25.7 Å². The highest BCUT2D eigenvalue weighted by Crippen LogP contribution is 2.48. The molecular weight excluding hydrogens is 358 g/mol. The van der Waals surface area contributed by atoms with Crippen molar-refractivity contribution >= 4 is 38.1 Å². The van der Waals surface area contributed by atoms with E-state index in [0.29, 0.717) is 22.7 Å². The lowest BCUT2D eigenvalue weighted by molar-refractivity contribution is -0.121. The Morgan fingerprint density at radius 3 is 2.56 bits per heavy atom. The summed E-state index contributed by atoms with van der Waals surface area (Å²) in [5.41, 5.74) is 0.626. The lowest BCUT2D eigenvalue weighted by Crippen LogP contribution is -2.27. The third-order valence-corrected chi connectivity index (χ3v) is 7.33. The van der Waals surface area contributed by atoms with E-state index in [1.807, 2.05) is 0 Å². The molecule has 0 unspecified atom stereocenters. The fraction of sp³-hybridized carbons (Fsp3) is 0.412. The topological polar surface area (TPSA) is 88.2 Å². The maximum atomic E-state index is 12.4. The maximum absolute atomic E-state index is 12.4. The number of amides is 1. The number of nitrogens with one attached hydrogen (secondary N) is 2. The maximum Gasteiger partial charge on any atom is 0.263 e. The fourth-order valence-corrected chi connectivity index (χ4v) is 5.75. The number of carbonyl (C=O) groups is 1. The molecule has 25 heavy (non-hydrogen) atoms. The van der Waals surface area contributed by atoms with Crippen molar-refractivity contribution in [1.82, 2.24) is 4.98 Å². The average Bonchev–Trinajstić information content (AvgIpc) is 3.32. The Bertz CT molecular complexity index is 863. The van der Waals surface area contributed by atoms with Crippen molar-refractivity contribution in [2.45, 2.75) is 30.6 Å². The fourth-order valence-electron chi connectivity index (χ4n) is 3.97. The second-order valence-corrected chi connectivity index (χ2v) is 9.31. The van der Waals surface area contributed by atoms with Crippen LogP contribution in [0.3, 0.4) is 0 Å². The zero-order valence-electron chi connectivity index (χ0n) is 13.5. The quantitative estimate of drug-likeness (QED) is 0.837. The van der Waals surface area contributed by atoms with Crippen molar-refractivity contribution in [1.29, 1.82) is 0 Å². The Morgan fingerprint density at radius 1 is 1.16 bits per heavy atom. The molecule has 0 spiro atoms. The Hall–Kier alpha value is -1.93. The summed E-state index contributed by atoms with van der Waals surface area (Å²) in [5.74, 6) is 1.40. The van der Waals surface area contributed by atoms with E-state index in [1.54, 1.807) is 17.5 Å². The number of aromatic nitrogens is 1. The van der Waals surface area contributed by atoms with Crippen molar-refractivity contribution in [3.05, 3.63) is 35.8 Å². The van der Waals surface area contributed by atoms with Crippen molar-refractivity contribution in [2.75, 3.05) is 10.0 Å². The van der Waals surface area contributed by atoms with Crippen LogP contribution in [0, 0.1) is 17.8 Å². The van der Waals surface area contributed by atoms with E-state index in [2.05, 4.69) is 15.0 Å². The molecule has 132 valence electrons. The van der Waals surface area contributed by atoms with E-state index < -0.39 is 10.0 Å². The van der Waals surface area contributed by atoms with Crippen LogP contribution in [0.25, 0.3) is 0 Å². The van der Waals surface area contributed by atoms with E-state index in [0.717, 1.165) is 12.8 Å². The van der Waals surface area contributed by atoms with Gasteiger partial charge >= 0.3 is 0 Å². The number of benzene rings is 1. The van der Waals surface area contributed by atoms with Crippen LogP contribution >= 0.6 is 11.3 Å². The summed E-state index contributed by atoms with van der Waals surface area (Å²) in [6.45, 7) is 0. The van der Waals surface area contributed by atoms with Crippen LogP contribution in [0.15, 0.2) is 40.7 Å². The van der Waals surface area contributed by atoms with Crippen molar-refractivity contribution < 1.29 is 13.2 Å². The van der Waals surface area contributed by atoms with Crippen molar-refractivity contribution in [2.24, 2.45) is 17.8 Å². The first-order valence-corrected chi connectivity index (χ1v) is 10.7. The number of nitrogens with zero attached hydrogens (tertiary/aromatic N) is 1. The van der Waals surface area contributed by atoms with Gasteiger partial charge in [0.25, 0.3) is 10.0 Å². The number of fused-ring (bicyclic) bond motifs is 2. The molecule has 1 amide bonds. The summed E-state index contributed by atoms with van der Waals surface area (Å²) in [5, 5.41) is 4.96. The SMILES string of the molecule is O=C(Nc1ccc(S(=O)(=O)Nc2nccs2)cc1)[C@@H]1C[C@@H]2CC[C@@H]1C2. The van der Waals surface area contributed by atoms with Gasteiger partial charge in [0.15, 0.2) is 5.13 Å². The van der Waals surface area contributed by atoms with Gasteiger partial charge in [-0.15, -0.1) is 11.3 Å². The number of rotatable bonds is 5. The molecule has 2 saturated carbocycles. The third kappa shape index (κ3) is 3.41. The standard InChI is InChI=1S/C17H19N3O3S2/c21-16(15-10-11-1-2-12(15)9-11)19-13-3-5-14(6-4-13)25(22,23)20-17-18-7-8-24-17/h3-8,11-12,15H,1-2,9-10H2,(H,18,20)(H,19,21)/t11-,12-,15-/m1/s1. The predicted octanol–water partition coefficient (Wildman–Crippen LogP) is 3.32. The highest BCUT2D eigenvalue weighted by atomic mass is 32.2. The molecule has 0 aliphatic heterocycles. The van der Waals surface area contributed by atoms with E-state index in [4.69, 9.17) is 0 Å². The third-order valence-electron chi connectivity index (χ3n) is 5.16. The molecule has 2 aliphatic carbocycles. The summed E-state index contributed by atoms with van der Waals surface area (Å²) >= 11 is 1.22. The van der Waals surface area contributed by atoms with Gasteiger partial charge in [-0.25, -0.2) is 13.4 Å². The first-order valence-electron chi connectivity index (χ1n) is 8.34. The minimum atomic E-state index is -3.67. The van der Waals surface area contributed by atoms with Gasteiger partial charge in [-0.2, -0.15) is 0 Å². The molecule has 2 N–H and O–H groups in total. The summed E-state index contributed by atoms with van der Waals surface area (Å²) in [6.07, 6.45) is 6.12. The van der Waals surface area contributed by atoms with E-state index in [9.17, 15) is 13.2 Å². The van der Waals surface area contributed by atoms with Crippen LogP contribution in [-0.2, 0) is 14.8 Å². The largest absolute Gasteiger partial charge is 0.326 e. The van der Waals surface area contributed by atoms with Crippen LogP contribution in [0.2, 0.25) is 0 Å². The summed E-state index contributed by atoms with van der Waals surface area (Å²) in [4.78, 5) is 16.5. The zero-order valence-corrected chi connectivity index (χ0v) is 15.1. The second-order valence-electron chi connectivity index (χ2n) is 6.74. The first-order chi connectivity index (χ1) is 12.0. The predicted molar refractivity (Wildman–Crippen MR) is 96.9 cm³/mol. The van der Waals surface area contributed by atoms with Gasteiger partial charge in [0, 0.05) is 23.2 Å². The van der Waals surface area contributed by atoms with Crippen molar-refractivity contribution in [3.63, 3.8) is 0 Å². The molecule has 8 heteroatoms. The van der Waals surface area contributed by atoms with Gasteiger partial charge in [-0.1, -0.05) is 6.42 Å². The molecule has 6 nitrogen and oxygen atoms in total. The molecule has 4 rings (SSSR count). The number of hydrogen-bond donors (Lipinski definition) is 2. The Labute approximate surface area is 150 Å². The molecular formula is C17H19N3O3S2. The molecule has 2 aromatic rings. The smallest absolute Gasteiger partial charge is 0.263 e. The average molecular weight is 377 g/mol. The van der Waals surface area contributed by atoms with Crippen molar-refractivity contribution in [3.8, 4) is 0 Å². The van der Waals surface area contributed by atoms with Gasteiger partial charge in [-0.3, -0.25) is 9.52 Å². The van der Waals surface area contributed by atoms with Gasteiger partial charge in [0.2, 0.25) is 5.91 Å². The molecule has 1 heterocycles. The lowest BCUT2D eigenvalue weighted by atomic mass is 9.88. The highest BCUT2D eigenvalue weighted by Gasteiger charge is 2.43. The number of carbonyl (C=O) groups excluding carboxylic acids is 1. The van der Waals surface area contributed by atoms with Crippen LogP contribution in [-0.4, -0.2) is 19.3 Å². The Balaban J connectivity index is 1.42. The molecule has 0 saturated heterocycles. The summed E-state index contributed by atoms with van der Waals surface area (Å²) < 4.78 is 27.0. The number of hydrogen-bond acceptors (Lipinski definition) is 5. The molecule has 2 fully saturated rings. The van der Waals surface area contributed by atoms with Gasteiger partial charge in [0.1, 0.15) is 0 Å². The highest BCUT2D eigenvalue weighted by molar-refractivity contribution is 7.93. The minimum Gasteiger partial charge on any atom is -0.326 e. The molecule has 1 aromatic carbocycles. The van der Waals surface area contributed by atoms with Gasteiger partial charge in [-0.05, 0) is 55.4 Å². The number of anilines is 2. The van der Waals surface area contributed by atoms with Crippen LogP contribution in [0.4, 0.5) is 10.8 Å². The first kappa shape index (κ1) is 16.5. The van der Waals surface area contributed by atoms with Crippen LogP contribution in [0.5, 0.6) is 0 Å². The van der Waals surface area contributed by atoms with E-state index in [1.165, 1.54) is 42.5 Å². The monoisotopic (exact) mass is 377 g/mol. The number of thiazole rings is 1. The van der Waals surface area contributed by atoms with Gasteiger partial charge in [0.05, 0.1) is 4.90 Å². The Morgan fingerprint density at radius 2 is 1.96 bits per heavy atom. The molecule has 1 aromatic heterocycles.